The third kappa shape index (κ3) is 16.3. The first-order valence-corrected chi connectivity index (χ1v) is 13.2. The lowest BCUT2D eigenvalue weighted by Gasteiger charge is -2.29. The van der Waals surface area contributed by atoms with Crippen LogP contribution in [-0.2, 0) is 19.1 Å². The third-order valence-corrected chi connectivity index (χ3v) is 6.53. The fraction of sp³-hybridized carbons (Fsp3) is 0.926. The molecular formula is C27H52O4. The Bertz CT molecular complexity index is 445. The highest BCUT2D eigenvalue weighted by Crippen LogP contribution is 2.31. The van der Waals surface area contributed by atoms with Crippen LogP contribution in [0.1, 0.15) is 137 Å². The van der Waals surface area contributed by atoms with Crippen molar-refractivity contribution in [2.24, 2.45) is 11.3 Å². The molecule has 4 nitrogen and oxygen atoms in total. The van der Waals surface area contributed by atoms with Crippen LogP contribution in [0.3, 0.4) is 0 Å². The molecule has 0 aliphatic carbocycles. The maximum Gasteiger partial charge on any atom is 0.311 e. The van der Waals surface area contributed by atoms with Gasteiger partial charge in [0, 0.05) is 6.42 Å². The van der Waals surface area contributed by atoms with Crippen LogP contribution in [0.15, 0.2) is 0 Å². The molecule has 184 valence electrons. The lowest BCUT2D eigenvalue weighted by Crippen LogP contribution is -2.34. The molecule has 0 saturated carbocycles. The van der Waals surface area contributed by atoms with E-state index in [1.807, 2.05) is 20.8 Å². The zero-order valence-electron chi connectivity index (χ0n) is 21.4. The summed E-state index contributed by atoms with van der Waals surface area (Å²) < 4.78 is 10.9. The van der Waals surface area contributed by atoms with Gasteiger partial charge in [0.15, 0.2) is 0 Å². The van der Waals surface area contributed by atoms with E-state index in [-0.39, 0.29) is 17.9 Å². The summed E-state index contributed by atoms with van der Waals surface area (Å²) in [5.41, 5.74) is -0.584. The minimum atomic E-state index is -0.584. The number of hydrogen-bond acceptors (Lipinski definition) is 4. The molecule has 4 heteroatoms. The van der Waals surface area contributed by atoms with Crippen LogP contribution in [0.2, 0.25) is 0 Å². The number of carbonyl (C=O) groups excluding carboxylic acids is 2. The number of unbranched alkanes of at least 4 members (excludes halogenated alkanes) is 12. The monoisotopic (exact) mass is 440 g/mol. The maximum absolute atomic E-state index is 12.5. The van der Waals surface area contributed by atoms with E-state index in [1.54, 1.807) is 0 Å². The van der Waals surface area contributed by atoms with Crippen molar-refractivity contribution < 1.29 is 19.1 Å². The molecule has 0 heterocycles. The van der Waals surface area contributed by atoms with Gasteiger partial charge in [0.25, 0.3) is 0 Å². The Hall–Kier alpha value is -1.06. The Kier molecular flexibility index (Phi) is 18.9. The number of hydrogen-bond donors (Lipinski definition) is 0. The topological polar surface area (TPSA) is 52.6 Å². The first-order chi connectivity index (χ1) is 14.9. The summed E-state index contributed by atoms with van der Waals surface area (Å²) in [5.74, 6) is -0.230. The molecule has 0 radical (unpaired) electrons. The van der Waals surface area contributed by atoms with Crippen molar-refractivity contribution >= 4 is 11.9 Å². The molecule has 31 heavy (non-hydrogen) atoms. The van der Waals surface area contributed by atoms with E-state index >= 15 is 0 Å². The fourth-order valence-corrected chi connectivity index (χ4v) is 3.62. The van der Waals surface area contributed by atoms with E-state index in [4.69, 9.17) is 9.47 Å². The van der Waals surface area contributed by atoms with Crippen LogP contribution < -0.4 is 0 Å². The predicted molar refractivity (Wildman–Crippen MR) is 130 cm³/mol. The van der Waals surface area contributed by atoms with Crippen molar-refractivity contribution in [3.8, 4) is 0 Å². The Morgan fingerprint density at radius 2 is 1.10 bits per heavy atom. The summed E-state index contributed by atoms with van der Waals surface area (Å²) in [4.78, 5) is 24.5. The van der Waals surface area contributed by atoms with Crippen LogP contribution in [0, 0.1) is 11.3 Å². The van der Waals surface area contributed by atoms with Crippen LogP contribution in [0.4, 0.5) is 0 Å². The van der Waals surface area contributed by atoms with Gasteiger partial charge in [-0.05, 0) is 39.0 Å². The van der Waals surface area contributed by atoms with Gasteiger partial charge in [0.1, 0.15) is 0 Å². The zero-order chi connectivity index (χ0) is 23.4. The van der Waals surface area contributed by atoms with Crippen molar-refractivity contribution in [1.82, 2.24) is 0 Å². The van der Waals surface area contributed by atoms with E-state index in [9.17, 15) is 9.59 Å². The standard InChI is InChI=1S/C27H52O4/c1-6-8-10-12-14-15-17-19-23-31-26(29)27(4,5)24(3)20-21-25(28)30-22-18-16-13-11-9-7-2/h24H,6-23H2,1-5H3. The summed E-state index contributed by atoms with van der Waals surface area (Å²) >= 11 is 0. The van der Waals surface area contributed by atoms with E-state index in [1.165, 1.54) is 64.2 Å². The molecular weight excluding hydrogens is 388 g/mol. The van der Waals surface area contributed by atoms with E-state index < -0.39 is 5.41 Å². The number of ether oxygens (including phenoxy) is 2. The lowest BCUT2D eigenvalue weighted by molar-refractivity contribution is -0.158. The van der Waals surface area contributed by atoms with Gasteiger partial charge in [-0.1, -0.05) is 97.8 Å². The molecule has 0 saturated heterocycles. The number of rotatable bonds is 21. The normalized spacial score (nSPS) is 12.5. The molecule has 0 rings (SSSR count). The molecule has 0 amide bonds. The van der Waals surface area contributed by atoms with Crippen LogP contribution in [0.25, 0.3) is 0 Å². The van der Waals surface area contributed by atoms with Crippen LogP contribution in [0.5, 0.6) is 0 Å². The summed E-state index contributed by atoms with van der Waals surface area (Å²) in [7, 11) is 0. The second kappa shape index (κ2) is 19.6. The largest absolute Gasteiger partial charge is 0.466 e. The molecule has 0 spiro atoms. The Morgan fingerprint density at radius 3 is 1.58 bits per heavy atom. The SMILES string of the molecule is CCCCCCCCCCOC(=O)C(C)(C)C(C)CCC(=O)OCCCCCCCC. The Balaban J connectivity index is 3.86. The van der Waals surface area contributed by atoms with E-state index in [0.29, 0.717) is 26.1 Å². The third-order valence-electron chi connectivity index (χ3n) is 6.53. The van der Waals surface area contributed by atoms with Crippen molar-refractivity contribution in [3.63, 3.8) is 0 Å². The summed E-state index contributed by atoms with van der Waals surface area (Å²) in [6.07, 6.45) is 18.0. The Morgan fingerprint density at radius 1 is 0.677 bits per heavy atom. The first-order valence-electron chi connectivity index (χ1n) is 13.2. The van der Waals surface area contributed by atoms with Gasteiger partial charge in [-0.25, -0.2) is 0 Å². The smallest absolute Gasteiger partial charge is 0.311 e. The molecule has 0 fully saturated rings. The van der Waals surface area contributed by atoms with Gasteiger partial charge in [0.2, 0.25) is 0 Å². The molecule has 1 unspecified atom stereocenters. The summed E-state index contributed by atoms with van der Waals surface area (Å²) in [6.45, 7) is 11.3. The second-order valence-electron chi connectivity index (χ2n) is 9.76. The van der Waals surface area contributed by atoms with E-state index in [2.05, 4.69) is 13.8 Å². The van der Waals surface area contributed by atoms with Crippen LogP contribution >= 0.6 is 0 Å². The van der Waals surface area contributed by atoms with Crippen molar-refractivity contribution in [3.05, 3.63) is 0 Å². The minimum Gasteiger partial charge on any atom is -0.466 e. The van der Waals surface area contributed by atoms with E-state index in [0.717, 1.165) is 25.7 Å². The van der Waals surface area contributed by atoms with Gasteiger partial charge in [-0.2, -0.15) is 0 Å². The molecule has 0 N–H and O–H groups in total. The number of esters is 2. The second-order valence-corrected chi connectivity index (χ2v) is 9.76. The van der Waals surface area contributed by atoms with Crippen molar-refractivity contribution in [1.29, 1.82) is 0 Å². The van der Waals surface area contributed by atoms with Crippen molar-refractivity contribution in [2.45, 2.75) is 137 Å². The maximum atomic E-state index is 12.5. The zero-order valence-corrected chi connectivity index (χ0v) is 21.4. The van der Waals surface area contributed by atoms with Crippen molar-refractivity contribution in [2.75, 3.05) is 13.2 Å². The molecule has 0 aromatic rings. The average molecular weight is 441 g/mol. The predicted octanol–water partition coefficient (Wildman–Crippen LogP) is 8.02. The molecule has 0 bridgehead atoms. The molecule has 0 aliphatic rings. The highest BCUT2D eigenvalue weighted by Gasteiger charge is 2.35. The average Bonchev–Trinajstić information content (AvgIpc) is 2.75. The highest BCUT2D eigenvalue weighted by atomic mass is 16.5. The van der Waals surface area contributed by atoms with Gasteiger partial charge in [-0.15, -0.1) is 0 Å². The van der Waals surface area contributed by atoms with Gasteiger partial charge in [-0.3, -0.25) is 9.59 Å². The van der Waals surface area contributed by atoms with Gasteiger partial charge >= 0.3 is 11.9 Å². The summed E-state index contributed by atoms with van der Waals surface area (Å²) in [5, 5.41) is 0. The van der Waals surface area contributed by atoms with Gasteiger partial charge in [0.05, 0.1) is 18.6 Å². The van der Waals surface area contributed by atoms with Crippen LogP contribution in [-0.4, -0.2) is 25.2 Å². The fourth-order valence-electron chi connectivity index (χ4n) is 3.62. The molecule has 1 atom stereocenters. The summed E-state index contributed by atoms with van der Waals surface area (Å²) in [6, 6.07) is 0. The first kappa shape index (κ1) is 29.9. The molecule has 0 aromatic heterocycles. The molecule has 0 aliphatic heterocycles. The number of carbonyl (C=O) groups is 2. The van der Waals surface area contributed by atoms with Gasteiger partial charge < -0.3 is 9.47 Å². The minimum absolute atomic E-state index is 0.0696. The molecule has 0 aromatic carbocycles. The quantitative estimate of drug-likeness (QED) is 0.134. The lowest BCUT2D eigenvalue weighted by atomic mass is 9.77. The highest BCUT2D eigenvalue weighted by molar-refractivity contribution is 5.76. The Labute approximate surface area is 193 Å².